The van der Waals surface area contributed by atoms with Gasteiger partial charge in [0.1, 0.15) is 11.6 Å². The molecule has 0 aromatic rings. The zero-order chi connectivity index (χ0) is 12.6. The van der Waals surface area contributed by atoms with Gasteiger partial charge >= 0.3 is 0 Å². The molecule has 0 bridgehead atoms. The van der Waals surface area contributed by atoms with E-state index in [1.165, 1.54) is 0 Å². The number of carbonyl (C=O) groups is 2. The van der Waals surface area contributed by atoms with E-state index in [-0.39, 0.29) is 23.8 Å². The lowest BCUT2D eigenvalue weighted by Crippen LogP contribution is -2.69. The Kier molecular flexibility index (Phi) is 3.15. The molecule has 2 unspecified atom stereocenters. The van der Waals surface area contributed by atoms with Crippen molar-refractivity contribution in [1.29, 1.82) is 0 Å². The molecule has 1 aliphatic carbocycles. The highest BCUT2D eigenvalue weighted by Gasteiger charge is 2.52. The summed E-state index contributed by atoms with van der Waals surface area (Å²) >= 11 is 0. The Balaban J connectivity index is 2.24. The van der Waals surface area contributed by atoms with Crippen molar-refractivity contribution in [3.8, 4) is 0 Å². The van der Waals surface area contributed by atoms with Crippen molar-refractivity contribution in [2.75, 3.05) is 7.05 Å². The molecule has 2 fully saturated rings. The molecule has 96 valence electrons. The zero-order valence-corrected chi connectivity index (χ0v) is 11.0. The van der Waals surface area contributed by atoms with Gasteiger partial charge in [-0.3, -0.25) is 9.59 Å². The molecule has 1 N–H and O–H groups in total. The van der Waals surface area contributed by atoms with Crippen molar-refractivity contribution in [3.05, 3.63) is 0 Å². The lowest BCUT2D eigenvalue weighted by molar-refractivity contribution is -0.156. The highest BCUT2D eigenvalue weighted by Crippen LogP contribution is 2.37. The number of carbonyl (C=O) groups excluding carboxylic acids is 2. The predicted octanol–water partition coefficient (Wildman–Crippen LogP) is 1.30. The molecule has 1 aliphatic heterocycles. The maximum atomic E-state index is 12.3. The van der Waals surface area contributed by atoms with Gasteiger partial charge in [-0.25, -0.2) is 0 Å². The SMILES string of the molecule is CCC(C)C1NC(=O)C2(CCCC2)N(C)C1=O. The first-order valence-corrected chi connectivity index (χ1v) is 6.61. The fraction of sp³-hybridized carbons (Fsp3) is 0.846. The summed E-state index contributed by atoms with van der Waals surface area (Å²) in [6.07, 6.45) is 4.61. The van der Waals surface area contributed by atoms with E-state index in [0.717, 1.165) is 32.1 Å². The van der Waals surface area contributed by atoms with E-state index in [0.29, 0.717) is 0 Å². The van der Waals surface area contributed by atoms with Gasteiger partial charge in [0.15, 0.2) is 0 Å². The zero-order valence-electron chi connectivity index (χ0n) is 11.0. The van der Waals surface area contributed by atoms with Crippen LogP contribution in [0.1, 0.15) is 46.0 Å². The number of hydrogen-bond donors (Lipinski definition) is 1. The first-order valence-electron chi connectivity index (χ1n) is 6.61. The van der Waals surface area contributed by atoms with Crippen LogP contribution >= 0.6 is 0 Å². The summed E-state index contributed by atoms with van der Waals surface area (Å²) in [6, 6.07) is -0.330. The van der Waals surface area contributed by atoms with Gasteiger partial charge in [0, 0.05) is 7.05 Å². The molecular formula is C13H22N2O2. The highest BCUT2D eigenvalue weighted by atomic mass is 16.2. The van der Waals surface area contributed by atoms with E-state index in [1.807, 2.05) is 13.8 Å². The third-order valence-corrected chi connectivity index (χ3v) is 4.59. The molecule has 1 spiro atoms. The topological polar surface area (TPSA) is 49.4 Å². The minimum absolute atomic E-state index is 0.0578. The van der Waals surface area contributed by atoms with Gasteiger partial charge in [0.05, 0.1) is 0 Å². The minimum Gasteiger partial charge on any atom is -0.342 e. The van der Waals surface area contributed by atoms with Crippen LogP contribution in [0.15, 0.2) is 0 Å². The van der Waals surface area contributed by atoms with Gasteiger partial charge in [-0.2, -0.15) is 0 Å². The van der Waals surface area contributed by atoms with Gasteiger partial charge in [-0.15, -0.1) is 0 Å². The van der Waals surface area contributed by atoms with E-state index in [9.17, 15) is 9.59 Å². The molecule has 2 rings (SSSR count). The molecule has 17 heavy (non-hydrogen) atoms. The lowest BCUT2D eigenvalue weighted by atomic mass is 9.86. The van der Waals surface area contributed by atoms with E-state index < -0.39 is 5.54 Å². The molecule has 0 radical (unpaired) electrons. The van der Waals surface area contributed by atoms with E-state index in [1.54, 1.807) is 11.9 Å². The quantitative estimate of drug-likeness (QED) is 0.788. The average Bonchev–Trinajstić information content (AvgIpc) is 2.81. The highest BCUT2D eigenvalue weighted by molar-refractivity contribution is 6.00. The van der Waals surface area contributed by atoms with Crippen molar-refractivity contribution in [2.24, 2.45) is 5.92 Å². The van der Waals surface area contributed by atoms with Crippen molar-refractivity contribution in [1.82, 2.24) is 10.2 Å². The van der Waals surface area contributed by atoms with Crippen LogP contribution in [0.5, 0.6) is 0 Å². The molecule has 1 heterocycles. The molecule has 4 heteroatoms. The average molecular weight is 238 g/mol. The fourth-order valence-electron chi connectivity index (χ4n) is 3.05. The van der Waals surface area contributed by atoms with E-state index in [4.69, 9.17) is 0 Å². The summed E-state index contributed by atoms with van der Waals surface area (Å²) < 4.78 is 0. The molecule has 4 nitrogen and oxygen atoms in total. The van der Waals surface area contributed by atoms with Crippen molar-refractivity contribution < 1.29 is 9.59 Å². The van der Waals surface area contributed by atoms with Crippen LogP contribution in [0.25, 0.3) is 0 Å². The Bertz CT molecular complexity index is 334. The molecule has 2 aliphatic rings. The first-order chi connectivity index (χ1) is 8.03. The summed E-state index contributed by atoms with van der Waals surface area (Å²) in [4.78, 5) is 26.4. The predicted molar refractivity (Wildman–Crippen MR) is 65.4 cm³/mol. The Labute approximate surface area is 103 Å². The van der Waals surface area contributed by atoms with Crippen molar-refractivity contribution in [3.63, 3.8) is 0 Å². The van der Waals surface area contributed by atoms with Crippen molar-refractivity contribution >= 4 is 11.8 Å². The second-order valence-corrected chi connectivity index (χ2v) is 5.47. The van der Waals surface area contributed by atoms with E-state index in [2.05, 4.69) is 5.32 Å². The summed E-state index contributed by atoms with van der Waals surface area (Å²) in [5.74, 6) is 0.343. The number of piperazine rings is 1. The maximum Gasteiger partial charge on any atom is 0.246 e. The second kappa shape index (κ2) is 4.31. The normalized spacial score (nSPS) is 29.6. The van der Waals surface area contributed by atoms with Gasteiger partial charge in [0.2, 0.25) is 11.8 Å². The summed E-state index contributed by atoms with van der Waals surface area (Å²) in [5.41, 5.74) is -0.541. The largest absolute Gasteiger partial charge is 0.342 e. The maximum absolute atomic E-state index is 12.3. The Morgan fingerprint density at radius 2 is 2.00 bits per heavy atom. The minimum atomic E-state index is -0.541. The number of rotatable bonds is 2. The lowest BCUT2D eigenvalue weighted by Gasteiger charge is -2.45. The van der Waals surface area contributed by atoms with Crippen LogP contribution in [-0.4, -0.2) is 35.3 Å². The first kappa shape index (κ1) is 12.4. The molecule has 2 atom stereocenters. The molecule has 2 amide bonds. The van der Waals surface area contributed by atoms with Gasteiger partial charge in [-0.05, 0) is 18.8 Å². The molecule has 1 saturated carbocycles. The van der Waals surface area contributed by atoms with Gasteiger partial charge in [-0.1, -0.05) is 33.1 Å². The van der Waals surface area contributed by atoms with Crippen LogP contribution in [0.2, 0.25) is 0 Å². The molecular weight excluding hydrogens is 216 g/mol. The number of nitrogens with zero attached hydrogens (tertiary/aromatic N) is 1. The Hall–Kier alpha value is -1.06. The number of likely N-dealkylation sites (N-methyl/N-ethyl adjacent to an activating group) is 1. The summed E-state index contributed by atoms with van der Waals surface area (Å²) in [5, 5.41) is 2.95. The van der Waals surface area contributed by atoms with Crippen LogP contribution in [-0.2, 0) is 9.59 Å². The Morgan fingerprint density at radius 3 is 2.53 bits per heavy atom. The summed E-state index contributed by atoms with van der Waals surface area (Å²) in [6.45, 7) is 4.06. The molecule has 1 saturated heterocycles. The number of amides is 2. The van der Waals surface area contributed by atoms with Gasteiger partial charge < -0.3 is 10.2 Å². The van der Waals surface area contributed by atoms with E-state index >= 15 is 0 Å². The molecule has 0 aromatic heterocycles. The Morgan fingerprint density at radius 1 is 1.41 bits per heavy atom. The van der Waals surface area contributed by atoms with Gasteiger partial charge in [0.25, 0.3) is 0 Å². The van der Waals surface area contributed by atoms with Crippen LogP contribution in [0, 0.1) is 5.92 Å². The number of hydrogen-bond acceptors (Lipinski definition) is 2. The standard InChI is InChI=1S/C13H22N2O2/c1-4-9(2)10-11(16)15(3)13(12(17)14-10)7-5-6-8-13/h9-10H,4-8H2,1-3H3,(H,14,17). The third-order valence-electron chi connectivity index (χ3n) is 4.59. The van der Waals surface area contributed by atoms with Crippen LogP contribution in [0.3, 0.4) is 0 Å². The van der Waals surface area contributed by atoms with Crippen LogP contribution < -0.4 is 5.32 Å². The second-order valence-electron chi connectivity index (χ2n) is 5.47. The fourth-order valence-corrected chi connectivity index (χ4v) is 3.05. The molecule has 0 aromatic carbocycles. The monoisotopic (exact) mass is 238 g/mol. The number of nitrogens with one attached hydrogen (secondary N) is 1. The van der Waals surface area contributed by atoms with Crippen molar-refractivity contribution in [2.45, 2.75) is 57.5 Å². The smallest absolute Gasteiger partial charge is 0.246 e. The summed E-state index contributed by atoms with van der Waals surface area (Å²) in [7, 11) is 1.79. The van der Waals surface area contributed by atoms with Crippen LogP contribution in [0.4, 0.5) is 0 Å². The third kappa shape index (κ3) is 1.74.